The molecule has 1 aliphatic rings. The van der Waals surface area contributed by atoms with Gasteiger partial charge in [-0.25, -0.2) is 0 Å². The zero-order valence-electron chi connectivity index (χ0n) is 6.14. The first-order valence-corrected chi connectivity index (χ1v) is 4.61. The van der Waals surface area contributed by atoms with Crippen LogP contribution in [0.25, 0.3) is 0 Å². The van der Waals surface area contributed by atoms with Gasteiger partial charge in [0.05, 0.1) is 0 Å². The molecule has 0 spiro atoms. The molecule has 0 radical (unpaired) electrons. The van der Waals surface area contributed by atoms with Crippen LogP contribution >= 0.6 is 12.6 Å². The molecular weight excluding hydrogens is 128 g/mol. The van der Waals surface area contributed by atoms with Crippen LogP contribution in [0.1, 0.15) is 32.6 Å². The Bertz CT molecular complexity index is 74.6. The second-order valence-corrected chi connectivity index (χ2v) is 3.57. The molecule has 9 heavy (non-hydrogen) atoms. The molecule has 0 N–H and O–H groups in total. The summed E-state index contributed by atoms with van der Waals surface area (Å²) in [4.78, 5) is 0. The summed E-state index contributed by atoms with van der Waals surface area (Å²) < 4.78 is 0. The van der Waals surface area contributed by atoms with Crippen molar-refractivity contribution < 1.29 is 0 Å². The molecule has 0 atom stereocenters. The highest BCUT2D eigenvalue weighted by Gasteiger charge is 2.26. The molecule has 0 aromatic rings. The fourth-order valence-corrected chi connectivity index (χ4v) is 1.99. The summed E-state index contributed by atoms with van der Waals surface area (Å²) >= 11 is 4.21. The fourth-order valence-electron chi connectivity index (χ4n) is 1.63. The van der Waals surface area contributed by atoms with Crippen molar-refractivity contribution in [3.63, 3.8) is 0 Å². The molecule has 0 nitrogen and oxygen atoms in total. The molecule has 0 saturated heterocycles. The normalized spacial score (nSPS) is 34.0. The van der Waals surface area contributed by atoms with E-state index in [-0.39, 0.29) is 0 Å². The van der Waals surface area contributed by atoms with Gasteiger partial charge in [-0.2, -0.15) is 12.6 Å². The van der Waals surface area contributed by atoms with Crippen molar-refractivity contribution in [2.45, 2.75) is 32.6 Å². The first-order chi connectivity index (χ1) is 4.36. The van der Waals surface area contributed by atoms with E-state index in [1.807, 2.05) is 0 Å². The third kappa shape index (κ3) is 1.89. The average molecular weight is 144 g/mol. The quantitative estimate of drug-likeness (QED) is 0.578. The van der Waals surface area contributed by atoms with Crippen molar-refractivity contribution in [2.75, 3.05) is 5.75 Å². The molecule has 0 aliphatic heterocycles. The monoisotopic (exact) mass is 144 g/mol. The van der Waals surface area contributed by atoms with Gasteiger partial charge in [0.25, 0.3) is 0 Å². The highest BCUT2D eigenvalue weighted by atomic mass is 32.1. The summed E-state index contributed by atoms with van der Waals surface area (Å²) in [5.74, 6) is 3.18. The first-order valence-electron chi connectivity index (χ1n) is 3.97. The molecule has 0 aromatic carbocycles. The maximum atomic E-state index is 4.21. The Labute approximate surface area is 63.4 Å². The van der Waals surface area contributed by atoms with Gasteiger partial charge in [0.15, 0.2) is 0 Å². The third-order valence-electron chi connectivity index (χ3n) is 2.45. The van der Waals surface area contributed by atoms with Gasteiger partial charge >= 0.3 is 0 Å². The highest BCUT2D eigenvalue weighted by molar-refractivity contribution is 7.80. The molecule has 1 heteroatoms. The molecule has 1 rings (SSSR count). The molecule has 0 heterocycles. The van der Waals surface area contributed by atoms with Gasteiger partial charge < -0.3 is 0 Å². The molecule has 1 saturated carbocycles. The second-order valence-electron chi connectivity index (χ2n) is 3.12. The molecule has 1 aliphatic carbocycles. The van der Waals surface area contributed by atoms with Crippen LogP contribution in [0.15, 0.2) is 0 Å². The minimum atomic E-state index is 1.03. The minimum absolute atomic E-state index is 1.03. The minimum Gasteiger partial charge on any atom is -0.179 e. The van der Waals surface area contributed by atoms with Gasteiger partial charge in [-0.15, -0.1) is 0 Å². The van der Waals surface area contributed by atoms with Gasteiger partial charge in [-0.1, -0.05) is 13.3 Å². The van der Waals surface area contributed by atoms with Crippen LogP contribution < -0.4 is 0 Å². The molecular formula is C8H16S. The van der Waals surface area contributed by atoms with Crippen molar-refractivity contribution in [2.24, 2.45) is 11.8 Å². The Kier molecular flexibility index (Phi) is 2.90. The Morgan fingerprint density at radius 3 is 2.44 bits per heavy atom. The predicted molar refractivity (Wildman–Crippen MR) is 45.0 cm³/mol. The molecule has 1 fully saturated rings. The lowest BCUT2D eigenvalue weighted by Crippen LogP contribution is -2.23. The molecule has 0 unspecified atom stereocenters. The summed E-state index contributed by atoms with van der Waals surface area (Å²) in [5, 5.41) is 0. The predicted octanol–water partition coefficient (Wildman–Crippen LogP) is 2.74. The van der Waals surface area contributed by atoms with Crippen LogP contribution in [0.2, 0.25) is 0 Å². The Hall–Kier alpha value is 0.350. The maximum Gasteiger partial charge on any atom is -0.00953 e. The lowest BCUT2D eigenvalue weighted by molar-refractivity contribution is 0.184. The van der Waals surface area contributed by atoms with E-state index in [1.165, 1.54) is 25.7 Å². The smallest absolute Gasteiger partial charge is 0.00953 e. The van der Waals surface area contributed by atoms with E-state index in [4.69, 9.17) is 0 Å². The van der Waals surface area contributed by atoms with Crippen molar-refractivity contribution in [1.29, 1.82) is 0 Å². The van der Waals surface area contributed by atoms with Gasteiger partial charge in [-0.05, 0) is 36.9 Å². The Morgan fingerprint density at radius 1 is 1.33 bits per heavy atom. The lowest BCUT2D eigenvalue weighted by Gasteiger charge is -2.34. The summed E-state index contributed by atoms with van der Waals surface area (Å²) in [6, 6.07) is 0. The number of rotatable bonds is 3. The fraction of sp³-hybridized carbons (Fsp3) is 1.00. The van der Waals surface area contributed by atoms with Crippen molar-refractivity contribution >= 4 is 12.6 Å². The lowest BCUT2D eigenvalue weighted by atomic mass is 9.72. The van der Waals surface area contributed by atoms with E-state index in [2.05, 4.69) is 19.6 Å². The Morgan fingerprint density at radius 2 is 2.00 bits per heavy atom. The van der Waals surface area contributed by atoms with E-state index in [0.717, 1.165) is 17.6 Å². The van der Waals surface area contributed by atoms with Crippen LogP contribution in [0.4, 0.5) is 0 Å². The van der Waals surface area contributed by atoms with E-state index >= 15 is 0 Å². The number of hydrogen-bond acceptors (Lipinski definition) is 1. The highest BCUT2D eigenvalue weighted by Crippen LogP contribution is 2.37. The van der Waals surface area contributed by atoms with Crippen molar-refractivity contribution in [3.05, 3.63) is 0 Å². The van der Waals surface area contributed by atoms with E-state index in [1.54, 1.807) is 0 Å². The first kappa shape index (κ1) is 7.46. The summed E-state index contributed by atoms with van der Waals surface area (Å²) in [5.41, 5.74) is 0. The summed E-state index contributed by atoms with van der Waals surface area (Å²) in [6.07, 6.45) is 5.71. The largest absolute Gasteiger partial charge is 0.179 e. The maximum absolute atomic E-state index is 4.21. The van der Waals surface area contributed by atoms with Gasteiger partial charge in [0, 0.05) is 0 Å². The zero-order valence-corrected chi connectivity index (χ0v) is 7.03. The van der Waals surface area contributed by atoms with Gasteiger partial charge in [0.2, 0.25) is 0 Å². The van der Waals surface area contributed by atoms with E-state index in [0.29, 0.717) is 0 Å². The average Bonchev–Trinajstić information content (AvgIpc) is 1.77. The SMILES string of the molecule is CCC1CC(CCS)C1. The summed E-state index contributed by atoms with van der Waals surface area (Å²) in [6.45, 7) is 2.29. The molecule has 0 amide bonds. The van der Waals surface area contributed by atoms with Crippen LogP contribution in [0, 0.1) is 11.8 Å². The van der Waals surface area contributed by atoms with Crippen molar-refractivity contribution in [1.82, 2.24) is 0 Å². The van der Waals surface area contributed by atoms with Crippen LogP contribution in [0.5, 0.6) is 0 Å². The topological polar surface area (TPSA) is 0 Å². The molecule has 0 bridgehead atoms. The van der Waals surface area contributed by atoms with E-state index in [9.17, 15) is 0 Å². The van der Waals surface area contributed by atoms with Gasteiger partial charge in [0.1, 0.15) is 0 Å². The molecule has 0 aromatic heterocycles. The molecule has 54 valence electrons. The zero-order chi connectivity index (χ0) is 6.69. The Balaban J connectivity index is 1.98. The summed E-state index contributed by atoms with van der Waals surface area (Å²) in [7, 11) is 0. The third-order valence-corrected chi connectivity index (χ3v) is 2.71. The van der Waals surface area contributed by atoms with Gasteiger partial charge in [-0.3, -0.25) is 0 Å². The standard InChI is InChI=1S/C8H16S/c1-2-7-5-8(6-7)3-4-9/h7-9H,2-6H2,1H3. The second kappa shape index (κ2) is 3.50. The van der Waals surface area contributed by atoms with Crippen LogP contribution in [-0.2, 0) is 0 Å². The van der Waals surface area contributed by atoms with E-state index < -0.39 is 0 Å². The van der Waals surface area contributed by atoms with Crippen LogP contribution in [-0.4, -0.2) is 5.75 Å². The number of thiol groups is 1. The van der Waals surface area contributed by atoms with Crippen molar-refractivity contribution in [3.8, 4) is 0 Å². The van der Waals surface area contributed by atoms with Crippen LogP contribution in [0.3, 0.4) is 0 Å². The number of hydrogen-bond donors (Lipinski definition) is 1.